The SMILES string of the molecule is O=C(O)c1ccccc1-c1c2cc(F)c(=O)c(F)c-2oc2c(F)c(O)c(F)cc12. The van der Waals surface area contributed by atoms with Crippen LogP contribution in [0.2, 0.25) is 0 Å². The molecule has 1 heterocycles. The lowest BCUT2D eigenvalue weighted by molar-refractivity contribution is 0.0697. The molecular weight excluding hydrogens is 396 g/mol. The molecule has 0 radical (unpaired) electrons. The van der Waals surface area contributed by atoms with E-state index in [0.717, 1.165) is 0 Å². The second kappa shape index (κ2) is 6.33. The van der Waals surface area contributed by atoms with Gasteiger partial charge in [0.05, 0.1) is 5.56 Å². The summed E-state index contributed by atoms with van der Waals surface area (Å²) in [4.78, 5) is 23.3. The Morgan fingerprint density at radius 1 is 0.931 bits per heavy atom. The number of benzene rings is 3. The Kier molecular flexibility index (Phi) is 4.04. The van der Waals surface area contributed by atoms with Crippen molar-refractivity contribution in [3.05, 3.63) is 75.5 Å². The standard InChI is InChI=1S/C20H8F4O5/c21-11-5-9-13(7-3-1-2-4-8(7)20(27)28)10-6-12(22)17(26)15(24)19(10)29-18(9)14(23)16(11)25/h1-6,25H,(H,27,28). The third-order valence-electron chi connectivity index (χ3n) is 4.45. The Labute approximate surface area is 158 Å². The van der Waals surface area contributed by atoms with Gasteiger partial charge in [0.25, 0.3) is 5.43 Å². The van der Waals surface area contributed by atoms with Gasteiger partial charge in [0.15, 0.2) is 28.7 Å². The number of phenolic OH excluding ortho intramolecular Hbond substituents is 1. The number of fused-ring (bicyclic) bond motifs is 2. The number of carboxylic acid groups (broad SMARTS) is 1. The lowest BCUT2D eigenvalue weighted by atomic mass is 9.90. The van der Waals surface area contributed by atoms with Crippen molar-refractivity contribution in [3.63, 3.8) is 0 Å². The van der Waals surface area contributed by atoms with Gasteiger partial charge in [-0.05, 0) is 23.8 Å². The Hall–Kier alpha value is -3.88. The van der Waals surface area contributed by atoms with Crippen molar-refractivity contribution in [3.8, 4) is 28.2 Å². The van der Waals surface area contributed by atoms with Crippen molar-refractivity contribution in [1.29, 1.82) is 0 Å². The molecule has 9 heteroatoms. The minimum atomic E-state index is -1.68. The monoisotopic (exact) mass is 404 g/mol. The van der Waals surface area contributed by atoms with Crippen LogP contribution in [0.5, 0.6) is 5.75 Å². The molecule has 2 N–H and O–H groups in total. The predicted octanol–water partition coefficient (Wildman–Crippen LogP) is 4.53. The molecule has 29 heavy (non-hydrogen) atoms. The maximum Gasteiger partial charge on any atom is 0.336 e. The van der Waals surface area contributed by atoms with Gasteiger partial charge in [0.1, 0.15) is 0 Å². The van der Waals surface area contributed by atoms with E-state index in [1.807, 2.05) is 0 Å². The molecular formula is C20H8F4O5. The summed E-state index contributed by atoms with van der Waals surface area (Å²) in [7, 11) is 0. The highest BCUT2D eigenvalue weighted by molar-refractivity contribution is 6.07. The largest absolute Gasteiger partial charge is 0.503 e. The van der Waals surface area contributed by atoms with E-state index in [1.165, 1.54) is 24.3 Å². The molecule has 4 rings (SSSR count). The van der Waals surface area contributed by atoms with Crippen molar-refractivity contribution in [2.45, 2.75) is 0 Å². The smallest absolute Gasteiger partial charge is 0.336 e. The second-order valence-corrected chi connectivity index (χ2v) is 6.10. The van der Waals surface area contributed by atoms with E-state index in [9.17, 15) is 37.4 Å². The zero-order chi connectivity index (χ0) is 21.0. The van der Waals surface area contributed by atoms with Gasteiger partial charge in [-0.1, -0.05) is 18.2 Å². The van der Waals surface area contributed by atoms with E-state index >= 15 is 0 Å². The predicted molar refractivity (Wildman–Crippen MR) is 93.0 cm³/mol. The van der Waals surface area contributed by atoms with E-state index in [4.69, 9.17) is 4.42 Å². The van der Waals surface area contributed by atoms with E-state index in [1.54, 1.807) is 0 Å². The van der Waals surface area contributed by atoms with Gasteiger partial charge < -0.3 is 14.6 Å². The zero-order valence-corrected chi connectivity index (χ0v) is 14.1. The fraction of sp³-hybridized carbons (Fsp3) is 0. The minimum Gasteiger partial charge on any atom is -0.503 e. The maximum atomic E-state index is 14.5. The summed E-state index contributed by atoms with van der Waals surface area (Å²) in [5.74, 6) is -9.87. The van der Waals surface area contributed by atoms with Crippen LogP contribution in [0.15, 0.2) is 45.6 Å². The van der Waals surface area contributed by atoms with Crippen LogP contribution in [0.4, 0.5) is 17.6 Å². The van der Waals surface area contributed by atoms with Gasteiger partial charge in [0, 0.05) is 16.5 Å². The molecule has 1 aliphatic carbocycles. The molecule has 5 nitrogen and oxygen atoms in total. The van der Waals surface area contributed by atoms with E-state index < -0.39 is 62.7 Å². The average Bonchev–Trinajstić information content (AvgIpc) is 2.69. The number of hydrogen-bond donors (Lipinski definition) is 2. The highest BCUT2D eigenvalue weighted by atomic mass is 19.1. The molecule has 146 valence electrons. The first kappa shape index (κ1) is 18.5. The van der Waals surface area contributed by atoms with Crippen molar-refractivity contribution in [2.24, 2.45) is 0 Å². The number of aromatic carboxylic acids is 1. The summed E-state index contributed by atoms with van der Waals surface area (Å²) in [5.41, 5.74) is -3.64. The number of carbonyl (C=O) groups is 1. The second-order valence-electron chi connectivity index (χ2n) is 6.10. The van der Waals surface area contributed by atoms with Crippen molar-refractivity contribution in [2.75, 3.05) is 0 Å². The summed E-state index contributed by atoms with van der Waals surface area (Å²) < 4.78 is 62.0. The van der Waals surface area contributed by atoms with Gasteiger partial charge in [-0.25, -0.2) is 13.6 Å². The summed E-state index contributed by atoms with van der Waals surface area (Å²) in [6.45, 7) is 0. The van der Waals surface area contributed by atoms with Gasteiger partial charge in [-0.15, -0.1) is 0 Å². The molecule has 2 aromatic carbocycles. The lowest BCUT2D eigenvalue weighted by Gasteiger charge is -2.17. The third-order valence-corrected chi connectivity index (χ3v) is 4.45. The van der Waals surface area contributed by atoms with Crippen LogP contribution in [0.25, 0.3) is 33.4 Å². The Bertz CT molecular complexity index is 1360. The highest BCUT2D eigenvalue weighted by Crippen LogP contribution is 2.44. The molecule has 0 bridgehead atoms. The minimum absolute atomic E-state index is 0.132. The Morgan fingerprint density at radius 3 is 2.31 bits per heavy atom. The number of phenols is 1. The molecule has 0 saturated heterocycles. The molecule has 0 fully saturated rings. The number of carboxylic acids is 1. The summed E-state index contributed by atoms with van der Waals surface area (Å²) in [6, 6.07) is 6.48. The van der Waals surface area contributed by atoms with Crippen molar-refractivity contribution >= 4 is 16.9 Å². The van der Waals surface area contributed by atoms with Crippen LogP contribution < -0.4 is 5.43 Å². The van der Waals surface area contributed by atoms with E-state index in [-0.39, 0.29) is 16.7 Å². The van der Waals surface area contributed by atoms with Gasteiger partial charge in [-0.3, -0.25) is 4.79 Å². The van der Waals surface area contributed by atoms with E-state index in [0.29, 0.717) is 12.1 Å². The first-order chi connectivity index (χ1) is 13.7. The van der Waals surface area contributed by atoms with Crippen molar-refractivity contribution < 1.29 is 37.0 Å². The zero-order valence-electron chi connectivity index (χ0n) is 14.1. The quantitative estimate of drug-likeness (QED) is 0.379. The normalized spacial score (nSPS) is 11.3. The summed E-state index contributed by atoms with van der Waals surface area (Å²) in [5, 5.41) is 18.6. The average molecular weight is 404 g/mol. The third kappa shape index (κ3) is 2.62. The molecule has 2 aromatic rings. The van der Waals surface area contributed by atoms with Crippen LogP contribution in [0.3, 0.4) is 0 Å². The lowest BCUT2D eigenvalue weighted by Crippen LogP contribution is -2.14. The molecule has 0 aromatic heterocycles. The van der Waals surface area contributed by atoms with Gasteiger partial charge in [0.2, 0.25) is 11.6 Å². The maximum absolute atomic E-state index is 14.5. The van der Waals surface area contributed by atoms with Crippen LogP contribution in [0, 0.1) is 23.3 Å². The van der Waals surface area contributed by atoms with Crippen LogP contribution in [-0.2, 0) is 0 Å². The number of aromatic hydroxyl groups is 1. The number of hydrogen-bond acceptors (Lipinski definition) is 4. The molecule has 0 unspecified atom stereocenters. The van der Waals surface area contributed by atoms with Crippen LogP contribution >= 0.6 is 0 Å². The highest BCUT2D eigenvalue weighted by Gasteiger charge is 2.29. The fourth-order valence-electron chi connectivity index (χ4n) is 3.17. The fourth-order valence-corrected chi connectivity index (χ4v) is 3.17. The Balaban J connectivity index is 2.34. The van der Waals surface area contributed by atoms with Gasteiger partial charge in [-0.2, -0.15) is 8.78 Å². The van der Waals surface area contributed by atoms with Crippen LogP contribution in [-0.4, -0.2) is 16.2 Å². The summed E-state index contributed by atoms with van der Waals surface area (Å²) >= 11 is 0. The molecule has 1 aliphatic heterocycles. The molecule has 0 amide bonds. The van der Waals surface area contributed by atoms with Crippen LogP contribution in [0.1, 0.15) is 10.4 Å². The number of rotatable bonds is 2. The molecule has 0 saturated carbocycles. The van der Waals surface area contributed by atoms with Gasteiger partial charge >= 0.3 is 5.97 Å². The first-order valence-electron chi connectivity index (χ1n) is 8.00. The molecule has 0 spiro atoms. The van der Waals surface area contributed by atoms with E-state index in [2.05, 4.69) is 0 Å². The summed E-state index contributed by atoms with van der Waals surface area (Å²) in [6.07, 6.45) is 0. The molecule has 0 atom stereocenters. The number of halogens is 4. The molecule has 2 aliphatic rings. The topological polar surface area (TPSA) is 87.7 Å². The first-order valence-corrected chi connectivity index (χ1v) is 8.00. The van der Waals surface area contributed by atoms with Crippen molar-refractivity contribution in [1.82, 2.24) is 0 Å². The Morgan fingerprint density at radius 2 is 1.62 bits per heavy atom.